The van der Waals surface area contributed by atoms with E-state index in [9.17, 15) is 4.79 Å². The molecule has 4 bridgehead atoms. The third kappa shape index (κ3) is 2.90. The Bertz CT molecular complexity index is 862. The van der Waals surface area contributed by atoms with Crippen molar-refractivity contribution in [2.45, 2.75) is 69.9 Å². The predicted octanol–water partition coefficient (Wildman–Crippen LogP) is 2.27. The Balaban J connectivity index is 1.36. The van der Waals surface area contributed by atoms with Crippen molar-refractivity contribution < 1.29 is 4.79 Å². The summed E-state index contributed by atoms with van der Waals surface area (Å²) in [6, 6.07) is -0.186. The van der Waals surface area contributed by atoms with Crippen molar-refractivity contribution in [2.75, 3.05) is 5.32 Å². The van der Waals surface area contributed by atoms with Gasteiger partial charge in [0, 0.05) is 5.54 Å². The van der Waals surface area contributed by atoms with Gasteiger partial charge in [0.25, 0.3) is 0 Å². The molecular formula is C17H24N8OS. The summed E-state index contributed by atoms with van der Waals surface area (Å²) in [7, 11) is 0. The van der Waals surface area contributed by atoms with Gasteiger partial charge in [-0.3, -0.25) is 5.32 Å². The molecule has 0 saturated heterocycles. The molecular weight excluding hydrogens is 364 g/mol. The van der Waals surface area contributed by atoms with Gasteiger partial charge in [-0.2, -0.15) is 4.80 Å². The number of anilines is 1. The molecule has 4 saturated carbocycles. The average Bonchev–Trinajstić information content (AvgIpc) is 3.22. The lowest BCUT2D eigenvalue weighted by Gasteiger charge is -2.61. The van der Waals surface area contributed by atoms with Crippen LogP contribution in [0.3, 0.4) is 0 Å². The SMILES string of the molecule is CCc1nnc(NC(=O)NC23C[C@H]4C[C@@H](C2)CC(n2nnc(C)n2)(C4)C3)s1. The van der Waals surface area contributed by atoms with Crippen LogP contribution in [-0.4, -0.2) is 42.0 Å². The number of aryl methyl sites for hydroxylation is 2. The molecule has 0 aliphatic heterocycles. The fraction of sp³-hybridized carbons (Fsp3) is 0.765. The minimum atomic E-state index is -0.200. The molecule has 27 heavy (non-hydrogen) atoms. The van der Waals surface area contributed by atoms with E-state index in [0.29, 0.717) is 22.8 Å². The normalized spacial score (nSPS) is 34.0. The van der Waals surface area contributed by atoms with Crippen LogP contribution in [0.15, 0.2) is 0 Å². The van der Waals surface area contributed by atoms with Gasteiger partial charge in [-0.15, -0.1) is 20.4 Å². The summed E-state index contributed by atoms with van der Waals surface area (Å²) in [5.41, 5.74) is -0.315. The number of carbonyl (C=O) groups excluding carboxylic acids is 1. The summed E-state index contributed by atoms with van der Waals surface area (Å²) in [5, 5.41) is 28.7. The topological polar surface area (TPSA) is 111 Å². The third-order valence-corrected chi connectivity index (χ3v) is 7.32. The van der Waals surface area contributed by atoms with Crippen LogP contribution in [-0.2, 0) is 12.0 Å². The lowest BCUT2D eigenvalue weighted by molar-refractivity contribution is -0.0797. The molecule has 10 heteroatoms. The third-order valence-electron chi connectivity index (χ3n) is 6.34. The molecule has 144 valence electrons. The maximum absolute atomic E-state index is 12.7. The monoisotopic (exact) mass is 388 g/mol. The van der Waals surface area contributed by atoms with E-state index in [-0.39, 0.29) is 17.1 Å². The highest BCUT2D eigenvalue weighted by molar-refractivity contribution is 7.15. The van der Waals surface area contributed by atoms with Crippen LogP contribution < -0.4 is 10.6 Å². The van der Waals surface area contributed by atoms with Gasteiger partial charge >= 0.3 is 6.03 Å². The Kier molecular flexibility index (Phi) is 3.75. The number of aromatic nitrogens is 6. The Morgan fingerprint density at radius 1 is 1.22 bits per heavy atom. The molecule has 2 N–H and O–H groups in total. The summed E-state index contributed by atoms with van der Waals surface area (Å²) in [6.45, 7) is 3.90. The van der Waals surface area contributed by atoms with Gasteiger partial charge in [0.1, 0.15) is 5.01 Å². The highest BCUT2D eigenvalue weighted by Crippen LogP contribution is 2.60. The highest BCUT2D eigenvalue weighted by atomic mass is 32.1. The molecule has 4 aliphatic carbocycles. The van der Waals surface area contributed by atoms with Crippen LogP contribution >= 0.6 is 11.3 Å². The van der Waals surface area contributed by atoms with E-state index >= 15 is 0 Å². The van der Waals surface area contributed by atoms with Crippen molar-refractivity contribution in [2.24, 2.45) is 11.8 Å². The molecule has 2 heterocycles. The standard InChI is InChI=1S/C17H24N8OS/c1-3-13-21-22-15(27-13)18-14(26)19-16-5-11-4-12(6-16)8-17(7-11,9-16)25-23-10(2)20-24-25/h11-12H,3-9H2,1-2H3,(H2,18,19,22,26)/t11-,12+,16?,17?. The van der Waals surface area contributed by atoms with E-state index in [1.807, 2.05) is 18.6 Å². The zero-order valence-corrected chi connectivity index (χ0v) is 16.4. The first-order valence-electron chi connectivity index (χ1n) is 9.66. The van der Waals surface area contributed by atoms with Gasteiger partial charge in [0.15, 0.2) is 5.82 Å². The molecule has 2 amide bonds. The van der Waals surface area contributed by atoms with E-state index in [1.165, 1.54) is 17.8 Å². The molecule has 6 rings (SSSR count). The maximum atomic E-state index is 12.7. The van der Waals surface area contributed by atoms with Crippen molar-refractivity contribution in [3.05, 3.63) is 10.8 Å². The second kappa shape index (κ2) is 5.95. The molecule has 4 fully saturated rings. The smallest absolute Gasteiger partial charge is 0.321 e. The van der Waals surface area contributed by atoms with Crippen LogP contribution in [0.25, 0.3) is 0 Å². The fourth-order valence-electron chi connectivity index (χ4n) is 5.90. The Morgan fingerprint density at radius 3 is 2.63 bits per heavy atom. The number of rotatable bonds is 4. The Hall–Kier alpha value is -2.10. The minimum absolute atomic E-state index is 0.114. The molecule has 0 aromatic carbocycles. The zero-order chi connectivity index (χ0) is 18.6. The number of hydrogen-bond acceptors (Lipinski definition) is 7. The lowest BCUT2D eigenvalue weighted by atomic mass is 9.50. The van der Waals surface area contributed by atoms with Gasteiger partial charge in [0.2, 0.25) is 5.13 Å². The van der Waals surface area contributed by atoms with Gasteiger partial charge in [-0.05, 0) is 68.9 Å². The average molecular weight is 389 g/mol. The van der Waals surface area contributed by atoms with Gasteiger partial charge in [-0.25, -0.2) is 4.79 Å². The Morgan fingerprint density at radius 2 is 2.00 bits per heavy atom. The molecule has 4 aliphatic rings. The lowest BCUT2D eigenvalue weighted by Crippen LogP contribution is -2.66. The zero-order valence-electron chi connectivity index (χ0n) is 15.6. The van der Waals surface area contributed by atoms with Crippen LogP contribution in [0.5, 0.6) is 0 Å². The van der Waals surface area contributed by atoms with Crippen molar-refractivity contribution in [3.63, 3.8) is 0 Å². The fourth-order valence-corrected chi connectivity index (χ4v) is 6.57. The number of hydrogen-bond donors (Lipinski definition) is 2. The summed E-state index contributed by atoms with van der Waals surface area (Å²) >= 11 is 1.43. The highest BCUT2D eigenvalue weighted by Gasteiger charge is 2.60. The van der Waals surface area contributed by atoms with Crippen molar-refractivity contribution in [1.29, 1.82) is 0 Å². The first-order valence-corrected chi connectivity index (χ1v) is 10.5. The van der Waals surface area contributed by atoms with E-state index in [2.05, 4.69) is 36.2 Å². The second-order valence-electron chi connectivity index (χ2n) is 8.53. The number of urea groups is 1. The molecule has 0 spiro atoms. The van der Waals surface area contributed by atoms with Crippen LogP contribution in [0.2, 0.25) is 0 Å². The van der Waals surface area contributed by atoms with Crippen molar-refractivity contribution in [1.82, 2.24) is 35.7 Å². The van der Waals surface area contributed by atoms with E-state index in [0.717, 1.165) is 43.5 Å². The van der Waals surface area contributed by atoms with Crippen LogP contribution in [0.1, 0.15) is 56.3 Å². The molecule has 2 aromatic heterocycles. The quantitative estimate of drug-likeness (QED) is 0.831. The number of carbonyl (C=O) groups is 1. The number of nitrogens with one attached hydrogen (secondary N) is 2. The molecule has 2 aromatic rings. The Labute approximate surface area is 161 Å². The summed E-state index contributed by atoms with van der Waals surface area (Å²) in [4.78, 5) is 14.5. The second-order valence-corrected chi connectivity index (χ2v) is 9.59. The minimum Gasteiger partial charge on any atom is -0.332 e. The molecule has 2 unspecified atom stereocenters. The maximum Gasteiger partial charge on any atom is 0.321 e. The molecule has 0 radical (unpaired) electrons. The van der Waals surface area contributed by atoms with E-state index in [4.69, 9.17) is 0 Å². The van der Waals surface area contributed by atoms with Gasteiger partial charge < -0.3 is 5.32 Å². The largest absolute Gasteiger partial charge is 0.332 e. The van der Waals surface area contributed by atoms with E-state index in [1.54, 1.807) is 0 Å². The van der Waals surface area contributed by atoms with Crippen molar-refractivity contribution >= 4 is 22.5 Å². The number of amides is 2. The molecule has 4 atom stereocenters. The first-order chi connectivity index (χ1) is 13.0. The summed E-state index contributed by atoms with van der Waals surface area (Å²) < 4.78 is 0. The summed E-state index contributed by atoms with van der Waals surface area (Å²) in [5.74, 6) is 1.91. The number of tetrazole rings is 1. The summed E-state index contributed by atoms with van der Waals surface area (Å²) in [6.07, 6.45) is 7.16. The molecule has 9 nitrogen and oxygen atoms in total. The predicted molar refractivity (Wildman–Crippen MR) is 99.4 cm³/mol. The van der Waals surface area contributed by atoms with Crippen LogP contribution in [0.4, 0.5) is 9.93 Å². The van der Waals surface area contributed by atoms with Crippen molar-refractivity contribution in [3.8, 4) is 0 Å². The first kappa shape index (κ1) is 17.0. The number of nitrogens with zero attached hydrogens (tertiary/aromatic N) is 6. The van der Waals surface area contributed by atoms with E-state index < -0.39 is 0 Å². The van der Waals surface area contributed by atoms with Crippen LogP contribution in [0, 0.1) is 18.8 Å². The van der Waals surface area contributed by atoms with Gasteiger partial charge in [0.05, 0.1) is 5.54 Å². The van der Waals surface area contributed by atoms with Gasteiger partial charge in [-0.1, -0.05) is 18.3 Å².